The highest BCUT2D eigenvalue weighted by Crippen LogP contribution is 2.45. The van der Waals surface area contributed by atoms with Gasteiger partial charge in [0.1, 0.15) is 0 Å². The lowest BCUT2D eigenvalue weighted by Gasteiger charge is -2.19. The zero-order valence-corrected chi connectivity index (χ0v) is 8.31. The van der Waals surface area contributed by atoms with Crippen LogP contribution < -0.4 is 5.73 Å². The molecule has 2 saturated heterocycles. The molecule has 2 aliphatic rings. The first-order valence-corrected chi connectivity index (χ1v) is 5.18. The molecule has 3 heterocycles. The van der Waals surface area contributed by atoms with Crippen molar-refractivity contribution in [3.8, 4) is 0 Å². The van der Waals surface area contributed by atoms with E-state index in [2.05, 4.69) is 5.10 Å². The van der Waals surface area contributed by atoms with E-state index >= 15 is 0 Å². The van der Waals surface area contributed by atoms with Gasteiger partial charge in [0, 0.05) is 13.0 Å². The van der Waals surface area contributed by atoms with E-state index in [-0.39, 0.29) is 0 Å². The van der Waals surface area contributed by atoms with Crippen molar-refractivity contribution < 1.29 is 4.74 Å². The Morgan fingerprint density at radius 2 is 2.43 bits per heavy atom. The molecule has 76 valence electrons. The number of nitrogens with two attached hydrogens (primary N) is 1. The van der Waals surface area contributed by atoms with Gasteiger partial charge < -0.3 is 10.5 Å². The number of hydrogen-bond acceptors (Lipinski definition) is 3. The first-order valence-electron chi connectivity index (χ1n) is 5.18. The highest BCUT2D eigenvalue weighted by Gasteiger charge is 2.43. The molecule has 14 heavy (non-hydrogen) atoms. The van der Waals surface area contributed by atoms with Crippen LogP contribution in [0.1, 0.15) is 30.9 Å². The topological polar surface area (TPSA) is 53.1 Å². The van der Waals surface area contributed by atoms with Gasteiger partial charge in [0.05, 0.1) is 29.8 Å². The Morgan fingerprint density at radius 3 is 2.93 bits per heavy atom. The van der Waals surface area contributed by atoms with E-state index in [0.29, 0.717) is 18.1 Å². The second kappa shape index (κ2) is 2.73. The molecule has 1 aromatic rings. The third kappa shape index (κ3) is 1.00. The molecule has 3 unspecified atom stereocenters. The van der Waals surface area contributed by atoms with Crippen molar-refractivity contribution in [2.75, 3.05) is 5.73 Å². The van der Waals surface area contributed by atoms with Gasteiger partial charge in [-0.3, -0.25) is 4.68 Å². The highest BCUT2D eigenvalue weighted by atomic mass is 16.5. The standard InChI is InChI=1S/C10H15N3O/c1-13-10(8(11)5-12-13)7-4-6-2-3-9(7)14-6/h5-7,9H,2-4,11H2,1H3. The summed E-state index contributed by atoms with van der Waals surface area (Å²) < 4.78 is 7.71. The molecule has 3 atom stereocenters. The maximum Gasteiger partial charge on any atom is 0.0736 e. The fourth-order valence-corrected chi connectivity index (χ4v) is 2.84. The monoisotopic (exact) mass is 193 g/mol. The van der Waals surface area contributed by atoms with Gasteiger partial charge in [-0.05, 0) is 19.3 Å². The molecular formula is C10H15N3O. The van der Waals surface area contributed by atoms with Crippen LogP contribution >= 0.6 is 0 Å². The molecule has 3 rings (SSSR count). The van der Waals surface area contributed by atoms with Crippen molar-refractivity contribution in [3.05, 3.63) is 11.9 Å². The van der Waals surface area contributed by atoms with E-state index in [9.17, 15) is 0 Å². The quantitative estimate of drug-likeness (QED) is 0.725. The summed E-state index contributed by atoms with van der Waals surface area (Å²) in [6, 6.07) is 0. The Hall–Kier alpha value is -1.03. The Bertz CT molecular complexity index is 341. The van der Waals surface area contributed by atoms with Crippen LogP contribution in [0.15, 0.2) is 6.20 Å². The largest absolute Gasteiger partial charge is 0.396 e. The summed E-state index contributed by atoms with van der Waals surface area (Å²) in [5.41, 5.74) is 7.89. The number of aryl methyl sites for hydroxylation is 1. The lowest BCUT2D eigenvalue weighted by atomic mass is 9.86. The molecule has 2 bridgehead atoms. The first-order chi connectivity index (χ1) is 6.75. The third-order valence-corrected chi connectivity index (χ3v) is 3.47. The maximum atomic E-state index is 5.91. The van der Waals surface area contributed by atoms with Gasteiger partial charge >= 0.3 is 0 Å². The molecule has 1 aromatic heterocycles. The second-order valence-corrected chi connectivity index (χ2v) is 4.32. The minimum absolute atomic E-state index is 0.387. The zero-order valence-electron chi connectivity index (χ0n) is 8.31. The van der Waals surface area contributed by atoms with Gasteiger partial charge in [0.25, 0.3) is 0 Å². The van der Waals surface area contributed by atoms with E-state index in [1.54, 1.807) is 6.20 Å². The van der Waals surface area contributed by atoms with Crippen molar-refractivity contribution >= 4 is 5.69 Å². The summed E-state index contributed by atoms with van der Waals surface area (Å²) in [7, 11) is 1.96. The van der Waals surface area contributed by atoms with Crippen LogP contribution in [0.5, 0.6) is 0 Å². The number of fused-ring (bicyclic) bond motifs is 2. The maximum absolute atomic E-state index is 5.91. The van der Waals surface area contributed by atoms with Gasteiger partial charge in [0.15, 0.2) is 0 Å². The molecule has 0 spiro atoms. The summed E-state index contributed by atoms with van der Waals surface area (Å²) in [5.74, 6) is 0.473. The van der Waals surface area contributed by atoms with E-state index in [1.807, 2.05) is 11.7 Å². The molecule has 0 saturated carbocycles. The predicted molar refractivity (Wildman–Crippen MR) is 52.9 cm³/mol. The van der Waals surface area contributed by atoms with E-state index in [4.69, 9.17) is 10.5 Å². The summed E-state index contributed by atoms with van der Waals surface area (Å²) >= 11 is 0. The van der Waals surface area contributed by atoms with Gasteiger partial charge in [-0.15, -0.1) is 0 Å². The molecule has 4 heteroatoms. The van der Waals surface area contributed by atoms with Crippen LogP contribution in [-0.4, -0.2) is 22.0 Å². The molecule has 2 N–H and O–H groups in total. The minimum atomic E-state index is 0.387. The smallest absolute Gasteiger partial charge is 0.0736 e. The lowest BCUT2D eigenvalue weighted by Crippen LogP contribution is -2.18. The third-order valence-electron chi connectivity index (χ3n) is 3.47. The number of nitrogens with zero attached hydrogens (tertiary/aromatic N) is 2. The van der Waals surface area contributed by atoms with Crippen LogP contribution in [0.25, 0.3) is 0 Å². The number of nitrogen functional groups attached to an aromatic ring is 1. The summed E-state index contributed by atoms with van der Waals surface area (Å²) in [4.78, 5) is 0. The number of anilines is 1. The van der Waals surface area contributed by atoms with Crippen molar-refractivity contribution in [1.29, 1.82) is 0 Å². The molecule has 2 fully saturated rings. The summed E-state index contributed by atoms with van der Waals surface area (Å²) in [5, 5.41) is 4.18. The molecule has 2 aliphatic heterocycles. The van der Waals surface area contributed by atoms with Gasteiger partial charge in [-0.1, -0.05) is 0 Å². The molecule has 0 amide bonds. The summed E-state index contributed by atoms with van der Waals surface area (Å²) in [6.07, 6.45) is 6.12. The first kappa shape index (κ1) is 8.29. The normalized spacial score (nSPS) is 35.4. The molecule has 0 aliphatic carbocycles. The van der Waals surface area contributed by atoms with E-state index < -0.39 is 0 Å². The fourth-order valence-electron chi connectivity index (χ4n) is 2.84. The highest BCUT2D eigenvalue weighted by molar-refractivity contribution is 5.44. The average Bonchev–Trinajstić information content (AvgIpc) is 2.81. The van der Waals surface area contributed by atoms with Crippen LogP contribution in [-0.2, 0) is 11.8 Å². The van der Waals surface area contributed by atoms with Crippen molar-refractivity contribution in [1.82, 2.24) is 9.78 Å². The van der Waals surface area contributed by atoms with Crippen LogP contribution in [0, 0.1) is 0 Å². The second-order valence-electron chi connectivity index (χ2n) is 4.32. The molecular weight excluding hydrogens is 178 g/mol. The summed E-state index contributed by atoms with van der Waals surface area (Å²) in [6.45, 7) is 0. The van der Waals surface area contributed by atoms with Crippen molar-refractivity contribution in [3.63, 3.8) is 0 Å². The van der Waals surface area contributed by atoms with Crippen molar-refractivity contribution in [2.24, 2.45) is 7.05 Å². The Kier molecular flexibility index (Phi) is 1.62. The Balaban J connectivity index is 1.96. The van der Waals surface area contributed by atoms with Gasteiger partial charge in [0.2, 0.25) is 0 Å². The Labute approximate surface area is 83.0 Å². The Morgan fingerprint density at radius 1 is 1.57 bits per heavy atom. The SMILES string of the molecule is Cn1ncc(N)c1C1CC2CCC1O2. The van der Waals surface area contributed by atoms with Crippen molar-refractivity contribution in [2.45, 2.75) is 37.4 Å². The van der Waals surface area contributed by atoms with Gasteiger partial charge in [-0.25, -0.2) is 0 Å². The molecule has 0 aromatic carbocycles. The number of ether oxygens (including phenoxy) is 1. The lowest BCUT2D eigenvalue weighted by molar-refractivity contribution is 0.0999. The predicted octanol–water partition coefficient (Wildman–Crippen LogP) is 1.04. The molecule has 0 radical (unpaired) electrons. The number of hydrogen-bond donors (Lipinski definition) is 1. The zero-order chi connectivity index (χ0) is 9.71. The van der Waals surface area contributed by atoms with Crippen LogP contribution in [0.4, 0.5) is 5.69 Å². The van der Waals surface area contributed by atoms with Gasteiger partial charge in [-0.2, -0.15) is 5.10 Å². The number of aromatic nitrogens is 2. The molecule has 4 nitrogen and oxygen atoms in total. The average molecular weight is 193 g/mol. The number of rotatable bonds is 1. The van der Waals surface area contributed by atoms with E-state index in [0.717, 1.165) is 17.8 Å². The van der Waals surface area contributed by atoms with E-state index in [1.165, 1.54) is 12.8 Å². The van der Waals surface area contributed by atoms with Crippen LogP contribution in [0.2, 0.25) is 0 Å². The fraction of sp³-hybridized carbons (Fsp3) is 0.700. The minimum Gasteiger partial charge on any atom is -0.396 e. The van der Waals surface area contributed by atoms with Crippen LogP contribution in [0.3, 0.4) is 0 Å².